The minimum atomic E-state index is -2.30. The molecule has 21 rings (SSSR count). The van der Waals surface area contributed by atoms with E-state index in [-0.39, 0.29) is 0 Å². The predicted molar refractivity (Wildman–Crippen MR) is 452 cm³/mol. The van der Waals surface area contributed by atoms with Gasteiger partial charge in [0.05, 0.1) is 49.7 Å². The number of aromatic nitrogens is 8. The number of hydrogen-bond acceptors (Lipinski definition) is 0. The molecule has 8 heteroatoms. The first-order valence-corrected chi connectivity index (χ1v) is 38.2. The zero-order valence-corrected chi connectivity index (χ0v) is 66.4. The Bertz CT molecular complexity index is 7540. The summed E-state index contributed by atoms with van der Waals surface area (Å²) in [5.74, 6) is 0. The number of hydrogen-bond donors (Lipinski definition) is 0. The monoisotopic (exact) mass is 1440 g/mol. The Morgan fingerprint density at radius 1 is 0.278 bits per heavy atom. The van der Waals surface area contributed by atoms with Crippen LogP contribution in [0.2, 0.25) is 0 Å². The van der Waals surface area contributed by atoms with E-state index in [2.05, 4.69) is 218 Å². The van der Waals surface area contributed by atoms with Crippen LogP contribution < -0.4 is 18.3 Å². The largest absolute Gasteiger partial charge is 0.295 e. The lowest BCUT2D eigenvalue weighted by Gasteiger charge is -2.43. The summed E-state index contributed by atoms with van der Waals surface area (Å²) >= 11 is 0. The highest BCUT2D eigenvalue weighted by Gasteiger charge is 2.56. The van der Waals surface area contributed by atoms with Crippen LogP contribution in [0.4, 0.5) is 0 Å². The number of pyridine rings is 4. The molecule has 544 valence electrons. The summed E-state index contributed by atoms with van der Waals surface area (Å²) in [4.78, 5) is 0. The first-order valence-electron chi connectivity index (χ1n) is 45.7. The van der Waals surface area contributed by atoms with Gasteiger partial charge in [-0.15, -0.1) is 0 Å². The second kappa shape index (κ2) is 22.3. The summed E-state index contributed by atoms with van der Waals surface area (Å²) in [7, 11) is 8.07. The van der Waals surface area contributed by atoms with Crippen molar-refractivity contribution in [2.45, 2.75) is 195 Å². The molecule has 8 aromatic heterocycles. The number of benzene rings is 9. The van der Waals surface area contributed by atoms with Crippen molar-refractivity contribution in [2.24, 2.45) is 28.2 Å². The van der Waals surface area contributed by atoms with Crippen molar-refractivity contribution in [3.8, 4) is 11.3 Å². The van der Waals surface area contributed by atoms with Crippen LogP contribution in [-0.2, 0) is 71.5 Å². The lowest BCUT2D eigenvalue weighted by Crippen LogP contribution is -2.44. The Hall–Kier alpha value is -10.2. The van der Waals surface area contributed by atoms with E-state index in [9.17, 15) is 0 Å². The lowest BCUT2D eigenvalue weighted by molar-refractivity contribution is -0.644. The van der Waals surface area contributed by atoms with Crippen LogP contribution in [-0.4, -0.2) is 17.6 Å². The summed E-state index contributed by atoms with van der Waals surface area (Å²) in [5.41, 5.74) is 17.0. The number of imidazole rings is 4. The van der Waals surface area contributed by atoms with Crippen LogP contribution in [0.25, 0.3) is 121 Å². The van der Waals surface area contributed by atoms with Gasteiger partial charge in [-0.25, -0.2) is 18.3 Å². The Kier molecular flexibility index (Phi) is 11.2. The average molecular weight is 1440 g/mol. The topological polar surface area (TPSA) is 33.2 Å². The van der Waals surface area contributed by atoms with Crippen molar-refractivity contribution >= 4 is 109 Å². The van der Waals surface area contributed by atoms with Gasteiger partial charge in [-0.05, 0) is 74.9 Å². The fourth-order valence-electron chi connectivity index (χ4n) is 20.3. The molecule has 108 heavy (non-hydrogen) atoms. The summed E-state index contributed by atoms with van der Waals surface area (Å²) < 4.78 is 145. The molecule has 0 radical (unpaired) electrons. The van der Waals surface area contributed by atoms with Crippen LogP contribution in [0.3, 0.4) is 0 Å². The van der Waals surface area contributed by atoms with Crippen molar-refractivity contribution in [1.82, 2.24) is 17.6 Å². The van der Waals surface area contributed by atoms with Crippen molar-refractivity contribution in [2.75, 3.05) is 0 Å². The van der Waals surface area contributed by atoms with E-state index in [0.717, 1.165) is 112 Å². The predicted octanol–water partition coefficient (Wildman–Crippen LogP) is 22.1. The van der Waals surface area contributed by atoms with Gasteiger partial charge in [0.2, 0.25) is 0 Å². The maximum Gasteiger partial charge on any atom is 0.295 e. The van der Waals surface area contributed by atoms with Gasteiger partial charge in [0.25, 0.3) is 22.6 Å². The van der Waals surface area contributed by atoms with Crippen molar-refractivity contribution < 1.29 is 38.8 Å². The van der Waals surface area contributed by atoms with Gasteiger partial charge >= 0.3 is 0 Å². The highest BCUT2D eigenvalue weighted by Crippen LogP contribution is 2.57. The number of para-hydroxylation sites is 2. The van der Waals surface area contributed by atoms with Gasteiger partial charge in [-0.3, -0.25) is 0 Å². The van der Waals surface area contributed by atoms with E-state index < -0.39 is 77.6 Å². The summed E-state index contributed by atoms with van der Waals surface area (Å²) in [6.07, 6.45) is 5.99. The molecule has 0 saturated carbocycles. The summed E-state index contributed by atoms with van der Waals surface area (Å²) in [5, 5.41) is 13.3. The van der Waals surface area contributed by atoms with E-state index in [1.807, 2.05) is 140 Å². The molecule has 0 fully saturated rings. The van der Waals surface area contributed by atoms with Crippen molar-refractivity contribution in [1.29, 1.82) is 0 Å². The van der Waals surface area contributed by atoms with Crippen molar-refractivity contribution in [3.63, 3.8) is 0 Å². The van der Waals surface area contributed by atoms with E-state index in [0.29, 0.717) is 16.6 Å². The molecule has 12 heterocycles. The van der Waals surface area contributed by atoms with Crippen LogP contribution in [0.5, 0.6) is 0 Å². The van der Waals surface area contributed by atoms with Gasteiger partial charge in [0.1, 0.15) is 40.7 Å². The van der Waals surface area contributed by atoms with Crippen molar-refractivity contribution in [3.05, 3.63) is 261 Å². The van der Waals surface area contributed by atoms with E-state index in [1.54, 1.807) is 6.07 Å². The molecule has 0 bridgehead atoms. The Labute approximate surface area is 658 Å². The third kappa shape index (κ3) is 8.42. The Balaban J connectivity index is 0.000000112. The highest BCUT2D eigenvalue weighted by atomic mass is 15.2. The second-order valence-electron chi connectivity index (χ2n) is 35.1. The lowest BCUT2D eigenvalue weighted by atomic mass is 9.60. The van der Waals surface area contributed by atoms with E-state index in [4.69, 9.17) is 20.6 Å². The maximum absolute atomic E-state index is 8.86. The number of fused-ring (bicyclic) bond motifs is 12. The molecule has 0 aliphatic carbocycles. The highest BCUT2D eigenvalue weighted by molar-refractivity contribution is 6.18. The Morgan fingerprint density at radius 2 is 0.602 bits per heavy atom. The fourth-order valence-corrected chi connectivity index (χ4v) is 20.3. The quantitative estimate of drug-likeness (QED) is 0.116. The molecule has 4 unspecified atom stereocenters. The van der Waals surface area contributed by atoms with E-state index >= 15 is 0 Å². The SMILES string of the molecule is [2H]C([2H])([2H])C1(C)c2c(-c3ccccc3)[n+](C)c3c4c(C)cccc4c4cccc(c4n23)C1(C)C.[2H]C([2H])([2H])C1(C)c2c[n+](C)c3c4c(C)cccc4c4c(C)ccc(c4n23)C1(C)C.[2H]C([2H])([2H])C1(C)c2c[n+](C)c3c4c(C)cccc4c4cccc(c4n23)C1(C)C.[2H]C([2H])([2H])c1ccc2c3c1c1cccc(C)c1c1n3c(c[n+]1C)C(C)(C([2H])([2H])[2H])C2(C)C. The third-order valence-electron chi connectivity index (χ3n) is 28.0. The van der Waals surface area contributed by atoms with Gasteiger partial charge in [0, 0.05) is 135 Å². The molecular weight excluding hydrogens is 1310 g/mol. The molecular formula is C100H108N8+4. The molecule has 17 aromatic rings. The molecule has 8 nitrogen and oxygen atoms in total. The molecule has 4 aliphatic heterocycles. The molecule has 0 amide bonds. The van der Waals surface area contributed by atoms with Crippen LogP contribution in [0.1, 0.15) is 209 Å². The maximum atomic E-state index is 8.86. The van der Waals surface area contributed by atoms with Gasteiger partial charge < -0.3 is 0 Å². The summed E-state index contributed by atoms with van der Waals surface area (Å²) in [6.45, 7) is 23.6. The molecule has 0 N–H and O–H groups in total. The minimum Gasteiger partial charge on any atom is -0.232 e. The fraction of sp³-hybridized carbons (Fsp3) is 0.340. The van der Waals surface area contributed by atoms with Crippen LogP contribution in [0, 0.1) is 41.5 Å². The first kappa shape index (κ1) is 54.4. The zero-order chi connectivity index (χ0) is 89.1. The van der Waals surface area contributed by atoms with Gasteiger partial charge in [-0.1, -0.05) is 274 Å². The molecule has 4 aliphatic rings. The molecule has 9 aromatic carbocycles. The molecule has 0 spiro atoms. The molecule has 4 atom stereocenters. The normalized spacial score (nSPS) is 23.6. The number of nitrogens with zero attached hydrogens (tertiary/aromatic N) is 8. The van der Waals surface area contributed by atoms with Gasteiger partial charge in [-0.2, -0.15) is 17.6 Å². The number of rotatable bonds is 1. The van der Waals surface area contributed by atoms with E-state index in [1.165, 1.54) is 70.7 Å². The smallest absolute Gasteiger partial charge is 0.232 e. The Morgan fingerprint density at radius 3 is 1.02 bits per heavy atom. The third-order valence-corrected chi connectivity index (χ3v) is 28.0. The minimum absolute atomic E-state index is 0.296. The second-order valence-corrected chi connectivity index (χ2v) is 35.1. The zero-order valence-electron chi connectivity index (χ0n) is 81.4. The first-order chi connectivity index (χ1) is 57.1. The summed E-state index contributed by atoms with van der Waals surface area (Å²) in [6, 6.07) is 56.0. The van der Waals surface area contributed by atoms with Crippen LogP contribution >= 0.6 is 0 Å². The average Bonchev–Trinajstić information content (AvgIpc) is 1.58. The number of aryl methyl sites for hydroxylation is 10. The van der Waals surface area contributed by atoms with Gasteiger partial charge in [0.15, 0.2) is 28.5 Å². The molecule has 0 saturated heterocycles. The van der Waals surface area contributed by atoms with Crippen LogP contribution in [0.15, 0.2) is 182 Å². The standard InChI is InChI=1S/C29H29N2.2C24H27N2.C23H25N2/c1-18-12-10-15-20-21-16-11-17-22-25(21)31-26(29(4,5)28(22,2)3)24(19-13-8-7-9-14-19)30(6)27(31)23(18)20;2*1-14-9-8-10-16-19-15(2)11-12-17-21(19)26-18(24(5,6)23(17,3)4)13-25(7)22(26)20(14)16;1-14-9-7-10-15-16-11-8-12-17-20(16)25-18(23(4,5)22(17,2)3)13-24(6)21(25)19(14)15/h7-17H,1-6H3;2*8-13H,1-7H3;7-13H,1-6H3/q4*+1/i4D3;2D3,5D3;5D3;4D3.